The number of hydrogen-bond acceptors (Lipinski definition) is 1. The van der Waals surface area contributed by atoms with E-state index < -0.39 is 0 Å². The van der Waals surface area contributed by atoms with Gasteiger partial charge in [0.2, 0.25) is 0 Å². The number of nitrogens with one attached hydrogen (secondary N) is 1. The standard InChI is InChI=1S/C17H16N2S/c1-2-13-8-10-14(11-9-13)16-12-19(17(20)18-16)15-6-4-3-5-7-15/h3-12H,2H2,1H3,(H,18,20). The van der Waals surface area contributed by atoms with Crippen molar-refractivity contribution < 1.29 is 0 Å². The van der Waals surface area contributed by atoms with Crippen molar-refractivity contribution >= 4 is 12.2 Å². The second-order valence-electron chi connectivity index (χ2n) is 4.73. The van der Waals surface area contributed by atoms with Gasteiger partial charge in [-0.3, -0.25) is 4.57 Å². The highest BCUT2D eigenvalue weighted by Gasteiger charge is 2.04. The molecule has 0 spiro atoms. The third-order valence-electron chi connectivity index (χ3n) is 3.43. The lowest BCUT2D eigenvalue weighted by Crippen LogP contribution is -1.90. The first-order valence-electron chi connectivity index (χ1n) is 6.74. The molecule has 0 atom stereocenters. The molecule has 2 aromatic carbocycles. The van der Waals surface area contributed by atoms with Crippen LogP contribution in [0.1, 0.15) is 12.5 Å². The minimum atomic E-state index is 0.714. The van der Waals surface area contributed by atoms with Crippen LogP contribution in [0.3, 0.4) is 0 Å². The van der Waals surface area contributed by atoms with Crippen molar-refractivity contribution in [1.29, 1.82) is 0 Å². The van der Waals surface area contributed by atoms with E-state index in [2.05, 4.69) is 42.4 Å². The van der Waals surface area contributed by atoms with Gasteiger partial charge in [-0.1, -0.05) is 49.4 Å². The van der Waals surface area contributed by atoms with Crippen molar-refractivity contribution in [3.8, 4) is 16.9 Å². The summed E-state index contributed by atoms with van der Waals surface area (Å²) in [5.74, 6) is 0. The Morgan fingerprint density at radius 2 is 1.70 bits per heavy atom. The highest BCUT2D eigenvalue weighted by atomic mass is 32.1. The number of aryl methyl sites for hydroxylation is 1. The van der Waals surface area contributed by atoms with Crippen LogP contribution in [0.4, 0.5) is 0 Å². The summed E-state index contributed by atoms with van der Waals surface area (Å²) in [6, 6.07) is 18.7. The van der Waals surface area contributed by atoms with Gasteiger partial charge in [0.05, 0.1) is 5.69 Å². The molecule has 1 heterocycles. The summed E-state index contributed by atoms with van der Waals surface area (Å²) in [4.78, 5) is 3.27. The predicted molar refractivity (Wildman–Crippen MR) is 85.8 cm³/mol. The molecule has 0 saturated heterocycles. The van der Waals surface area contributed by atoms with Gasteiger partial charge in [-0.15, -0.1) is 0 Å². The SMILES string of the molecule is CCc1ccc(-c2cn(-c3ccccc3)c(=S)[nH]2)cc1. The van der Waals surface area contributed by atoms with Gasteiger partial charge in [0, 0.05) is 11.9 Å². The highest BCUT2D eigenvalue weighted by molar-refractivity contribution is 7.71. The fourth-order valence-electron chi connectivity index (χ4n) is 2.24. The maximum absolute atomic E-state index is 5.41. The van der Waals surface area contributed by atoms with Crippen molar-refractivity contribution in [2.24, 2.45) is 0 Å². The van der Waals surface area contributed by atoms with E-state index in [1.54, 1.807) is 0 Å². The molecule has 0 bridgehead atoms. The third kappa shape index (κ3) is 2.45. The van der Waals surface area contributed by atoms with Crippen LogP contribution in [0, 0.1) is 4.77 Å². The number of aromatic nitrogens is 2. The van der Waals surface area contributed by atoms with Crippen LogP contribution >= 0.6 is 12.2 Å². The van der Waals surface area contributed by atoms with E-state index in [1.165, 1.54) is 5.56 Å². The molecule has 1 aromatic heterocycles. The molecule has 0 unspecified atom stereocenters. The summed E-state index contributed by atoms with van der Waals surface area (Å²) in [6.45, 7) is 2.16. The van der Waals surface area contributed by atoms with Crippen LogP contribution in [-0.2, 0) is 6.42 Å². The molecule has 0 amide bonds. The lowest BCUT2D eigenvalue weighted by Gasteiger charge is -2.01. The van der Waals surface area contributed by atoms with E-state index in [4.69, 9.17) is 12.2 Å². The second-order valence-corrected chi connectivity index (χ2v) is 5.12. The van der Waals surface area contributed by atoms with E-state index in [0.29, 0.717) is 4.77 Å². The second kappa shape index (κ2) is 5.47. The van der Waals surface area contributed by atoms with Crippen LogP contribution in [0.15, 0.2) is 60.8 Å². The van der Waals surface area contributed by atoms with Crippen LogP contribution in [0.5, 0.6) is 0 Å². The molecule has 2 nitrogen and oxygen atoms in total. The van der Waals surface area contributed by atoms with Gasteiger partial charge in [0.1, 0.15) is 0 Å². The zero-order valence-corrected chi connectivity index (χ0v) is 12.2. The summed E-state index contributed by atoms with van der Waals surface area (Å²) < 4.78 is 2.71. The Morgan fingerprint density at radius 3 is 2.35 bits per heavy atom. The zero-order chi connectivity index (χ0) is 13.9. The first-order chi connectivity index (χ1) is 9.78. The van der Waals surface area contributed by atoms with E-state index in [-0.39, 0.29) is 0 Å². The fraction of sp³-hybridized carbons (Fsp3) is 0.118. The predicted octanol–water partition coefficient (Wildman–Crippen LogP) is 4.76. The Balaban J connectivity index is 2.02. The van der Waals surface area contributed by atoms with Crippen molar-refractivity contribution in [2.75, 3.05) is 0 Å². The summed E-state index contributed by atoms with van der Waals surface area (Å²) >= 11 is 5.41. The van der Waals surface area contributed by atoms with Gasteiger partial charge in [0.15, 0.2) is 4.77 Å². The van der Waals surface area contributed by atoms with Gasteiger partial charge in [-0.05, 0) is 41.9 Å². The maximum atomic E-state index is 5.41. The third-order valence-corrected chi connectivity index (χ3v) is 3.72. The maximum Gasteiger partial charge on any atom is 0.182 e. The normalized spacial score (nSPS) is 10.7. The van der Waals surface area contributed by atoms with E-state index in [1.807, 2.05) is 34.9 Å². The summed E-state index contributed by atoms with van der Waals surface area (Å²) in [7, 11) is 0. The molecule has 3 heteroatoms. The van der Waals surface area contributed by atoms with Gasteiger partial charge in [-0.25, -0.2) is 0 Å². The number of hydrogen-bond donors (Lipinski definition) is 1. The number of imidazole rings is 1. The molecule has 3 rings (SSSR count). The highest BCUT2D eigenvalue weighted by Crippen LogP contribution is 2.20. The number of nitrogens with zero attached hydrogens (tertiary/aromatic N) is 1. The van der Waals surface area contributed by atoms with Gasteiger partial charge < -0.3 is 4.98 Å². The number of rotatable bonds is 3. The zero-order valence-electron chi connectivity index (χ0n) is 11.3. The molecule has 100 valence electrons. The first-order valence-corrected chi connectivity index (χ1v) is 7.15. The molecule has 20 heavy (non-hydrogen) atoms. The fourth-order valence-corrected chi connectivity index (χ4v) is 2.51. The minimum absolute atomic E-state index is 0.714. The van der Waals surface area contributed by atoms with Crippen LogP contribution < -0.4 is 0 Å². The quantitative estimate of drug-likeness (QED) is 0.686. The Labute approximate surface area is 123 Å². The topological polar surface area (TPSA) is 20.7 Å². The van der Waals surface area contributed by atoms with Crippen LogP contribution in [0.25, 0.3) is 16.9 Å². The number of para-hydroxylation sites is 1. The lowest BCUT2D eigenvalue weighted by atomic mass is 10.1. The van der Waals surface area contributed by atoms with Gasteiger partial charge in [0.25, 0.3) is 0 Å². The van der Waals surface area contributed by atoms with Gasteiger partial charge in [-0.2, -0.15) is 0 Å². The molecule has 0 fully saturated rings. The van der Waals surface area contributed by atoms with E-state index in [9.17, 15) is 0 Å². The summed E-state index contributed by atoms with van der Waals surface area (Å²) in [5.41, 5.74) is 4.62. The Hall–Kier alpha value is -2.13. The molecule has 0 aliphatic heterocycles. The smallest absolute Gasteiger partial charge is 0.182 e. The number of benzene rings is 2. The van der Waals surface area contributed by atoms with E-state index >= 15 is 0 Å². The first kappa shape index (κ1) is 12.9. The number of aromatic amines is 1. The molecule has 0 saturated carbocycles. The van der Waals surface area contributed by atoms with Crippen LogP contribution in [0.2, 0.25) is 0 Å². The monoisotopic (exact) mass is 280 g/mol. The van der Waals surface area contributed by atoms with Crippen molar-refractivity contribution in [3.05, 3.63) is 71.1 Å². The Kier molecular flexibility index (Phi) is 3.52. The van der Waals surface area contributed by atoms with E-state index in [0.717, 1.165) is 23.4 Å². The molecular weight excluding hydrogens is 264 g/mol. The average Bonchev–Trinajstić information content (AvgIpc) is 2.90. The molecule has 0 aliphatic rings. The van der Waals surface area contributed by atoms with Gasteiger partial charge >= 0.3 is 0 Å². The average molecular weight is 280 g/mol. The van der Waals surface area contributed by atoms with Crippen molar-refractivity contribution in [3.63, 3.8) is 0 Å². The number of H-pyrrole nitrogens is 1. The minimum Gasteiger partial charge on any atom is -0.330 e. The van der Waals surface area contributed by atoms with Crippen molar-refractivity contribution in [1.82, 2.24) is 9.55 Å². The largest absolute Gasteiger partial charge is 0.330 e. The Morgan fingerprint density at radius 1 is 1.00 bits per heavy atom. The summed E-state index contributed by atoms with van der Waals surface area (Å²) in [5, 5.41) is 0. The molecular formula is C17H16N2S. The molecule has 0 aliphatic carbocycles. The van der Waals surface area contributed by atoms with Crippen molar-refractivity contribution in [2.45, 2.75) is 13.3 Å². The molecule has 0 radical (unpaired) electrons. The lowest BCUT2D eigenvalue weighted by molar-refractivity contribution is 1.03. The Bertz CT molecular complexity index is 752. The molecule has 3 aromatic rings. The molecule has 1 N–H and O–H groups in total. The van der Waals surface area contributed by atoms with Crippen LogP contribution in [-0.4, -0.2) is 9.55 Å². The summed E-state index contributed by atoms with van der Waals surface area (Å²) in [6.07, 6.45) is 3.11.